The minimum atomic E-state index is -0.0690. The lowest BCUT2D eigenvalue weighted by Crippen LogP contribution is -1.93. The molecule has 2 rings (SSSR count). The minimum Gasteiger partial charge on any atom is -0.508 e. The lowest BCUT2D eigenvalue weighted by Gasteiger charge is -1.95. The van der Waals surface area contributed by atoms with Gasteiger partial charge >= 0.3 is 0 Å². The van der Waals surface area contributed by atoms with Gasteiger partial charge in [-0.15, -0.1) is 0 Å². The molecule has 1 N–H and O–H groups in total. The Bertz CT molecular complexity index is 530. The molecule has 0 aliphatic heterocycles. The summed E-state index contributed by atoms with van der Waals surface area (Å²) in [5.74, 6) is 0.142. The van der Waals surface area contributed by atoms with Gasteiger partial charge in [-0.3, -0.25) is 9.78 Å². The van der Waals surface area contributed by atoms with Crippen LogP contribution in [-0.2, 0) is 0 Å². The molecule has 3 heteroatoms. The Morgan fingerprint density at radius 2 is 1.71 bits per heavy atom. The summed E-state index contributed by atoms with van der Waals surface area (Å²) in [7, 11) is 0. The Balaban J connectivity index is 2.11. The van der Waals surface area contributed by atoms with Crippen molar-refractivity contribution in [1.82, 2.24) is 4.98 Å². The van der Waals surface area contributed by atoms with Crippen LogP contribution >= 0.6 is 0 Å². The van der Waals surface area contributed by atoms with Crippen molar-refractivity contribution in [3.8, 4) is 5.75 Å². The molecular weight excluding hydrogens is 214 g/mol. The highest BCUT2D eigenvalue weighted by Crippen LogP contribution is 2.11. The molecule has 0 spiro atoms. The molecule has 0 fully saturated rings. The van der Waals surface area contributed by atoms with E-state index < -0.39 is 0 Å². The maximum atomic E-state index is 11.7. The molecule has 0 bridgehead atoms. The number of rotatable bonds is 3. The molecule has 0 aliphatic rings. The van der Waals surface area contributed by atoms with Gasteiger partial charge < -0.3 is 5.11 Å². The number of phenols is 1. The van der Waals surface area contributed by atoms with Gasteiger partial charge in [0.05, 0.1) is 0 Å². The lowest BCUT2D eigenvalue weighted by molar-refractivity contribution is 0.104. The third-order valence-electron chi connectivity index (χ3n) is 2.29. The number of ketones is 1. The summed E-state index contributed by atoms with van der Waals surface area (Å²) in [5, 5.41) is 9.11. The Labute approximate surface area is 99.1 Å². The summed E-state index contributed by atoms with van der Waals surface area (Å²) in [5.41, 5.74) is 1.47. The molecule has 17 heavy (non-hydrogen) atoms. The van der Waals surface area contributed by atoms with Crippen LogP contribution in [0.1, 0.15) is 15.9 Å². The number of carbonyl (C=O) groups excluding carboxylic acids is 1. The third kappa shape index (κ3) is 3.01. The van der Waals surface area contributed by atoms with Gasteiger partial charge in [0.25, 0.3) is 0 Å². The van der Waals surface area contributed by atoms with E-state index in [-0.39, 0.29) is 11.5 Å². The number of benzene rings is 1. The van der Waals surface area contributed by atoms with Gasteiger partial charge in [-0.25, -0.2) is 0 Å². The number of nitrogens with zero attached hydrogens (tertiary/aromatic N) is 1. The van der Waals surface area contributed by atoms with E-state index in [1.165, 1.54) is 6.08 Å². The summed E-state index contributed by atoms with van der Waals surface area (Å²) in [6.07, 6.45) is 6.38. The fourth-order valence-electron chi connectivity index (χ4n) is 1.37. The molecule has 0 atom stereocenters. The molecular formula is C14H11NO2. The Morgan fingerprint density at radius 3 is 2.35 bits per heavy atom. The van der Waals surface area contributed by atoms with Gasteiger partial charge in [-0.2, -0.15) is 0 Å². The Kier molecular flexibility index (Phi) is 3.31. The molecule has 0 saturated heterocycles. The van der Waals surface area contributed by atoms with E-state index in [9.17, 15) is 4.79 Å². The summed E-state index contributed by atoms with van der Waals surface area (Å²) >= 11 is 0. The van der Waals surface area contributed by atoms with E-state index in [4.69, 9.17) is 5.11 Å². The van der Waals surface area contributed by atoms with E-state index in [2.05, 4.69) is 4.98 Å². The zero-order valence-corrected chi connectivity index (χ0v) is 9.08. The minimum absolute atomic E-state index is 0.0690. The van der Waals surface area contributed by atoms with Gasteiger partial charge in [-0.1, -0.05) is 18.2 Å². The van der Waals surface area contributed by atoms with Crippen LogP contribution in [0.3, 0.4) is 0 Å². The first-order valence-electron chi connectivity index (χ1n) is 5.17. The average molecular weight is 225 g/mol. The fourth-order valence-corrected chi connectivity index (χ4v) is 1.37. The van der Waals surface area contributed by atoms with Crippen molar-refractivity contribution in [1.29, 1.82) is 0 Å². The number of aromatic hydroxyl groups is 1. The number of pyridine rings is 1. The zero-order valence-electron chi connectivity index (χ0n) is 9.08. The van der Waals surface area contributed by atoms with Gasteiger partial charge in [0.2, 0.25) is 0 Å². The quantitative estimate of drug-likeness (QED) is 0.645. The highest BCUT2D eigenvalue weighted by molar-refractivity contribution is 6.06. The lowest BCUT2D eigenvalue weighted by atomic mass is 10.1. The fraction of sp³-hybridized carbons (Fsp3) is 0. The summed E-state index contributed by atoms with van der Waals surface area (Å²) < 4.78 is 0. The van der Waals surface area contributed by atoms with Crippen LogP contribution in [0.5, 0.6) is 5.75 Å². The van der Waals surface area contributed by atoms with Gasteiger partial charge in [0.1, 0.15) is 5.75 Å². The van der Waals surface area contributed by atoms with Gasteiger partial charge in [0.15, 0.2) is 5.78 Å². The molecule has 0 unspecified atom stereocenters. The number of allylic oxidation sites excluding steroid dienone is 1. The highest BCUT2D eigenvalue weighted by atomic mass is 16.3. The second-order valence-electron chi connectivity index (χ2n) is 3.53. The van der Waals surface area contributed by atoms with Crippen molar-refractivity contribution in [2.75, 3.05) is 0 Å². The largest absolute Gasteiger partial charge is 0.508 e. The van der Waals surface area contributed by atoms with Crippen molar-refractivity contribution in [3.05, 3.63) is 66.0 Å². The second kappa shape index (κ2) is 5.07. The zero-order chi connectivity index (χ0) is 12.1. The predicted octanol–water partition coefficient (Wildman–Crippen LogP) is 2.68. The van der Waals surface area contributed by atoms with Crippen molar-refractivity contribution in [2.45, 2.75) is 0 Å². The number of carbonyl (C=O) groups is 1. The molecule has 84 valence electrons. The van der Waals surface area contributed by atoms with Crippen LogP contribution in [0, 0.1) is 0 Å². The van der Waals surface area contributed by atoms with Gasteiger partial charge in [-0.05, 0) is 35.9 Å². The van der Waals surface area contributed by atoms with Crippen LogP contribution < -0.4 is 0 Å². The van der Waals surface area contributed by atoms with Crippen LogP contribution in [0.15, 0.2) is 54.9 Å². The van der Waals surface area contributed by atoms with Crippen LogP contribution in [-0.4, -0.2) is 15.9 Å². The topological polar surface area (TPSA) is 50.2 Å². The SMILES string of the molecule is O=C(/C=C\c1ccc(O)cc1)c1ccncc1. The molecule has 3 nitrogen and oxygen atoms in total. The highest BCUT2D eigenvalue weighted by Gasteiger charge is 1.99. The van der Waals surface area contributed by atoms with Crippen LogP contribution in [0.25, 0.3) is 6.08 Å². The third-order valence-corrected chi connectivity index (χ3v) is 2.29. The monoisotopic (exact) mass is 225 g/mol. The normalized spacial score (nSPS) is 10.6. The van der Waals surface area contributed by atoms with Crippen LogP contribution in [0.4, 0.5) is 0 Å². The first-order valence-corrected chi connectivity index (χ1v) is 5.17. The van der Waals surface area contributed by atoms with Crippen molar-refractivity contribution in [3.63, 3.8) is 0 Å². The van der Waals surface area contributed by atoms with Crippen molar-refractivity contribution >= 4 is 11.9 Å². The van der Waals surface area contributed by atoms with E-state index in [1.54, 1.807) is 54.9 Å². The maximum Gasteiger partial charge on any atom is 0.185 e. The van der Waals surface area contributed by atoms with Gasteiger partial charge in [0, 0.05) is 18.0 Å². The average Bonchev–Trinajstić information content (AvgIpc) is 2.39. The van der Waals surface area contributed by atoms with Crippen molar-refractivity contribution in [2.24, 2.45) is 0 Å². The molecule has 0 radical (unpaired) electrons. The Hall–Kier alpha value is -2.42. The van der Waals surface area contributed by atoms with E-state index >= 15 is 0 Å². The maximum absolute atomic E-state index is 11.7. The molecule has 1 aromatic carbocycles. The molecule has 1 aromatic heterocycles. The number of hydrogen-bond donors (Lipinski definition) is 1. The summed E-state index contributed by atoms with van der Waals surface area (Å²) in [4.78, 5) is 15.6. The number of aromatic nitrogens is 1. The predicted molar refractivity (Wildman–Crippen MR) is 65.7 cm³/mol. The number of phenolic OH excluding ortho intramolecular Hbond substituents is 1. The standard InChI is InChI=1S/C14H11NO2/c16-13-4-1-11(2-5-13)3-6-14(17)12-7-9-15-10-8-12/h1-10,16H/b6-3-. The molecule has 0 saturated carbocycles. The second-order valence-corrected chi connectivity index (χ2v) is 3.53. The van der Waals surface area contributed by atoms with Crippen LogP contribution in [0.2, 0.25) is 0 Å². The Morgan fingerprint density at radius 1 is 1.06 bits per heavy atom. The van der Waals surface area contributed by atoms with E-state index in [1.807, 2.05) is 0 Å². The van der Waals surface area contributed by atoms with E-state index in [0.29, 0.717) is 5.56 Å². The van der Waals surface area contributed by atoms with E-state index in [0.717, 1.165) is 5.56 Å². The molecule has 0 aliphatic carbocycles. The molecule has 0 amide bonds. The number of hydrogen-bond acceptors (Lipinski definition) is 3. The summed E-state index contributed by atoms with van der Waals surface area (Å²) in [6, 6.07) is 9.98. The molecule has 1 heterocycles. The first-order chi connectivity index (χ1) is 8.25. The smallest absolute Gasteiger partial charge is 0.185 e. The van der Waals surface area contributed by atoms with Crippen molar-refractivity contribution < 1.29 is 9.90 Å². The first kappa shape index (κ1) is 11.1. The summed E-state index contributed by atoms with van der Waals surface area (Å²) in [6.45, 7) is 0. The molecule has 2 aromatic rings.